The molecule has 0 unspecified atom stereocenters. The van der Waals surface area contributed by atoms with Crippen molar-refractivity contribution in [3.05, 3.63) is 77.4 Å². The molecule has 0 aromatic heterocycles. The van der Waals surface area contributed by atoms with Gasteiger partial charge in [0.1, 0.15) is 11.5 Å². The van der Waals surface area contributed by atoms with Crippen LogP contribution in [0.3, 0.4) is 0 Å². The maximum absolute atomic E-state index is 13.1. The molecule has 1 saturated carbocycles. The highest BCUT2D eigenvalue weighted by atomic mass is 16.5. The lowest BCUT2D eigenvalue weighted by Gasteiger charge is -2.24. The SMILES string of the molecule is CCc1cc(-c2cccc(Oc3ccc(C(C)=N)c(NC)c3)c2)ccc1C(=O)N[C@@H]1C[C@H]2C[C@@H]1CN2. The second-order valence-electron chi connectivity index (χ2n) is 9.85. The van der Waals surface area contributed by atoms with Gasteiger partial charge in [0.05, 0.1) is 0 Å². The lowest BCUT2D eigenvalue weighted by atomic mass is 9.96. The van der Waals surface area contributed by atoms with Crippen molar-refractivity contribution in [1.29, 1.82) is 5.41 Å². The smallest absolute Gasteiger partial charge is 0.251 e. The maximum atomic E-state index is 13.1. The molecule has 2 bridgehead atoms. The van der Waals surface area contributed by atoms with Crippen LogP contribution in [-0.2, 0) is 6.42 Å². The molecule has 3 atom stereocenters. The molecule has 186 valence electrons. The molecule has 4 N–H and O–H groups in total. The predicted molar refractivity (Wildman–Crippen MR) is 146 cm³/mol. The first-order valence-corrected chi connectivity index (χ1v) is 12.8. The number of nitrogens with one attached hydrogen (secondary N) is 4. The first-order valence-electron chi connectivity index (χ1n) is 12.8. The molecule has 6 heteroatoms. The zero-order chi connectivity index (χ0) is 25.2. The van der Waals surface area contributed by atoms with Crippen LogP contribution < -0.4 is 20.7 Å². The second kappa shape index (κ2) is 10.2. The van der Waals surface area contributed by atoms with Gasteiger partial charge in [0.25, 0.3) is 5.91 Å². The highest BCUT2D eigenvalue weighted by molar-refractivity contribution is 6.01. The number of aryl methyl sites for hydroxylation is 1. The number of ether oxygens (including phenoxy) is 1. The molecule has 1 saturated heterocycles. The van der Waals surface area contributed by atoms with Gasteiger partial charge in [0, 0.05) is 54.3 Å². The molecular formula is C30H34N4O2. The predicted octanol–water partition coefficient (Wildman–Crippen LogP) is 5.62. The van der Waals surface area contributed by atoms with Gasteiger partial charge in [-0.25, -0.2) is 0 Å². The molecule has 3 aromatic rings. The van der Waals surface area contributed by atoms with E-state index in [0.29, 0.717) is 23.4 Å². The van der Waals surface area contributed by atoms with Crippen molar-refractivity contribution in [3.8, 4) is 22.6 Å². The number of hydrogen-bond acceptors (Lipinski definition) is 5. The van der Waals surface area contributed by atoms with Crippen molar-refractivity contribution in [1.82, 2.24) is 10.6 Å². The van der Waals surface area contributed by atoms with Crippen LogP contribution in [0.15, 0.2) is 60.7 Å². The highest BCUT2D eigenvalue weighted by Gasteiger charge is 2.40. The number of piperidine rings is 1. The lowest BCUT2D eigenvalue weighted by Crippen LogP contribution is -2.44. The fraction of sp³-hybridized carbons (Fsp3) is 0.333. The van der Waals surface area contributed by atoms with E-state index < -0.39 is 0 Å². The Morgan fingerprint density at radius 3 is 2.50 bits per heavy atom. The topological polar surface area (TPSA) is 86.2 Å². The highest BCUT2D eigenvalue weighted by Crippen LogP contribution is 2.33. The molecule has 1 amide bonds. The summed E-state index contributed by atoms with van der Waals surface area (Å²) in [7, 11) is 1.84. The van der Waals surface area contributed by atoms with E-state index in [1.807, 2.05) is 55.6 Å². The fourth-order valence-corrected chi connectivity index (χ4v) is 5.54. The summed E-state index contributed by atoms with van der Waals surface area (Å²) < 4.78 is 6.16. The van der Waals surface area contributed by atoms with Crippen LogP contribution >= 0.6 is 0 Å². The van der Waals surface area contributed by atoms with Gasteiger partial charge in [0.2, 0.25) is 0 Å². The number of anilines is 1. The number of hydrogen-bond donors (Lipinski definition) is 4. The van der Waals surface area contributed by atoms with Crippen molar-refractivity contribution in [2.45, 2.75) is 45.2 Å². The molecule has 1 heterocycles. The number of carbonyl (C=O) groups excluding carboxylic acids is 1. The summed E-state index contributed by atoms with van der Waals surface area (Å²) in [6.07, 6.45) is 2.99. The third-order valence-electron chi connectivity index (χ3n) is 7.48. The van der Waals surface area contributed by atoms with Crippen LogP contribution in [-0.4, -0.2) is 37.3 Å². The Balaban J connectivity index is 1.34. The Morgan fingerprint density at radius 1 is 1.03 bits per heavy atom. The Hall–Kier alpha value is -3.64. The molecule has 2 fully saturated rings. The van der Waals surface area contributed by atoms with Crippen LogP contribution in [0, 0.1) is 11.3 Å². The molecule has 2 aliphatic rings. The van der Waals surface area contributed by atoms with Gasteiger partial charge < -0.3 is 26.1 Å². The van der Waals surface area contributed by atoms with Crippen molar-refractivity contribution in [2.24, 2.45) is 5.92 Å². The molecule has 0 radical (unpaired) electrons. The van der Waals surface area contributed by atoms with Gasteiger partial charge in [-0.2, -0.15) is 0 Å². The summed E-state index contributed by atoms with van der Waals surface area (Å²) in [5.74, 6) is 2.04. The minimum atomic E-state index is 0.0389. The van der Waals surface area contributed by atoms with Crippen LogP contribution in [0.1, 0.15) is 48.2 Å². The monoisotopic (exact) mass is 482 g/mol. The van der Waals surface area contributed by atoms with E-state index in [-0.39, 0.29) is 11.9 Å². The summed E-state index contributed by atoms with van der Waals surface area (Å²) in [5.41, 5.74) is 6.13. The van der Waals surface area contributed by atoms with E-state index in [1.54, 1.807) is 6.92 Å². The van der Waals surface area contributed by atoms with Crippen LogP contribution in [0.4, 0.5) is 5.69 Å². The van der Waals surface area contributed by atoms with Gasteiger partial charge in [-0.1, -0.05) is 31.2 Å². The van der Waals surface area contributed by atoms with E-state index in [4.69, 9.17) is 10.1 Å². The van der Waals surface area contributed by atoms with Crippen LogP contribution in [0.5, 0.6) is 11.5 Å². The molecule has 3 aromatic carbocycles. The Morgan fingerprint density at radius 2 is 1.81 bits per heavy atom. The van der Waals surface area contributed by atoms with Crippen molar-refractivity contribution in [2.75, 3.05) is 18.9 Å². The molecule has 5 rings (SSSR count). The van der Waals surface area contributed by atoms with Gasteiger partial charge in [-0.15, -0.1) is 0 Å². The van der Waals surface area contributed by atoms with Crippen LogP contribution in [0.25, 0.3) is 11.1 Å². The summed E-state index contributed by atoms with van der Waals surface area (Å²) in [6, 6.07) is 20.6. The second-order valence-corrected chi connectivity index (χ2v) is 9.85. The van der Waals surface area contributed by atoms with E-state index in [1.165, 1.54) is 6.42 Å². The largest absolute Gasteiger partial charge is 0.457 e. The quantitative estimate of drug-likeness (QED) is 0.314. The molecule has 1 aliphatic heterocycles. The zero-order valence-corrected chi connectivity index (χ0v) is 21.2. The van der Waals surface area contributed by atoms with Crippen LogP contribution in [0.2, 0.25) is 0 Å². The van der Waals surface area contributed by atoms with Gasteiger partial charge in [-0.3, -0.25) is 4.79 Å². The third-order valence-corrected chi connectivity index (χ3v) is 7.48. The Bertz CT molecular complexity index is 1300. The minimum Gasteiger partial charge on any atom is -0.457 e. The summed E-state index contributed by atoms with van der Waals surface area (Å²) in [4.78, 5) is 13.1. The Kier molecular flexibility index (Phi) is 6.79. The first-order chi connectivity index (χ1) is 17.4. The van der Waals surface area contributed by atoms with Gasteiger partial charge in [0.15, 0.2) is 0 Å². The van der Waals surface area contributed by atoms with Crippen molar-refractivity contribution >= 4 is 17.3 Å². The summed E-state index contributed by atoms with van der Waals surface area (Å²) in [6.45, 7) is 4.88. The normalized spacial score (nSPS) is 20.2. The number of amides is 1. The lowest BCUT2D eigenvalue weighted by molar-refractivity contribution is 0.0924. The van der Waals surface area contributed by atoms with E-state index in [9.17, 15) is 4.79 Å². The number of fused-ring (bicyclic) bond motifs is 2. The van der Waals surface area contributed by atoms with E-state index in [2.05, 4.69) is 35.0 Å². The number of rotatable bonds is 8. The van der Waals surface area contributed by atoms with Crippen molar-refractivity contribution < 1.29 is 9.53 Å². The first kappa shape index (κ1) is 24.1. The fourth-order valence-electron chi connectivity index (χ4n) is 5.54. The van der Waals surface area contributed by atoms with E-state index in [0.717, 1.165) is 58.6 Å². The molecule has 0 spiro atoms. The average Bonchev–Trinajstić information content (AvgIpc) is 3.51. The maximum Gasteiger partial charge on any atom is 0.251 e. The minimum absolute atomic E-state index is 0.0389. The van der Waals surface area contributed by atoms with Gasteiger partial charge in [-0.05, 0) is 79.1 Å². The molecule has 1 aliphatic carbocycles. The zero-order valence-electron chi connectivity index (χ0n) is 21.2. The van der Waals surface area contributed by atoms with Gasteiger partial charge >= 0.3 is 0 Å². The average molecular weight is 483 g/mol. The molecule has 6 nitrogen and oxygen atoms in total. The molecule has 36 heavy (non-hydrogen) atoms. The molecular weight excluding hydrogens is 448 g/mol. The third kappa shape index (κ3) is 4.86. The summed E-state index contributed by atoms with van der Waals surface area (Å²) in [5, 5.41) is 17.9. The van der Waals surface area contributed by atoms with Crippen molar-refractivity contribution in [3.63, 3.8) is 0 Å². The number of carbonyl (C=O) groups is 1. The van der Waals surface area contributed by atoms with E-state index >= 15 is 0 Å². The Labute approximate surface area is 213 Å². The summed E-state index contributed by atoms with van der Waals surface area (Å²) >= 11 is 0. The standard InChI is InChI=1S/C30H34N4O2/c1-4-19-12-21(8-10-27(19)30(35)34-28-15-23-13-22(28)17-33-23)20-6-5-7-24(14-20)36-25-9-11-26(18(2)31)29(16-25)32-3/h5-12,14,16,22-23,28,31-33H,4,13,15,17H2,1-3H3,(H,34,35)/t22-,23-,28-/m1/s1. The number of benzene rings is 3.